The van der Waals surface area contributed by atoms with Crippen molar-refractivity contribution < 1.29 is 4.74 Å². The normalized spacial score (nSPS) is 18.2. The highest BCUT2D eigenvalue weighted by Gasteiger charge is 2.11. The monoisotopic (exact) mass is 222 g/mol. The second-order valence-corrected chi connectivity index (χ2v) is 3.98. The Labute approximate surface area is 101 Å². The number of benzene rings is 1. The van der Waals surface area contributed by atoms with E-state index in [1.54, 1.807) is 0 Å². The van der Waals surface area contributed by atoms with Crippen LogP contribution in [0.15, 0.2) is 30.3 Å². The molecule has 0 bridgehead atoms. The van der Waals surface area contributed by atoms with Crippen LogP contribution in [0.5, 0.6) is 0 Å². The van der Waals surface area contributed by atoms with E-state index in [4.69, 9.17) is 4.74 Å². The fraction of sp³-hybridized carbons (Fsp3) is 0.600. The van der Waals surface area contributed by atoms with Gasteiger partial charge in [0.15, 0.2) is 0 Å². The highest BCUT2D eigenvalue weighted by Crippen LogP contribution is 2.14. The highest BCUT2D eigenvalue weighted by molar-refractivity contribution is 5.13. The Balaban J connectivity index is 0.000000267. The van der Waals surface area contributed by atoms with E-state index < -0.39 is 0 Å². The lowest BCUT2D eigenvalue weighted by atomic mass is 10.1. The van der Waals surface area contributed by atoms with E-state index in [9.17, 15) is 0 Å². The molecule has 1 heteroatoms. The summed E-state index contributed by atoms with van der Waals surface area (Å²) in [6, 6.07) is 10.5. The van der Waals surface area contributed by atoms with Crippen molar-refractivity contribution in [1.82, 2.24) is 0 Å². The fourth-order valence-electron chi connectivity index (χ4n) is 1.62. The van der Waals surface area contributed by atoms with Crippen molar-refractivity contribution in [2.45, 2.75) is 40.5 Å². The molecule has 2 rings (SSSR count). The van der Waals surface area contributed by atoms with Gasteiger partial charge in [0.25, 0.3) is 0 Å². The number of aryl methyl sites for hydroxylation is 1. The third-order valence-corrected chi connectivity index (χ3v) is 2.85. The highest BCUT2D eigenvalue weighted by atomic mass is 16.5. The Morgan fingerprint density at radius 1 is 1.19 bits per heavy atom. The van der Waals surface area contributed by atoms with Crippen LogP contribution in [0.1, 0.15) is 39.7 Å². The zero-order valence-corrected chi connectivity index (χ0v) is 9.91. The molecule has 1 aromatic rings. The Hall–Kier alpha value is -0.820. The Kier molecular flexibility index (Phi) is 8.93. The summed E-state index contributed by atoms with van der Waals surface area (Å²) < 4.78 is 5.15. The van der Waals surface area contributed by atoms with Crippen molar-refractivity contribution in [2.24, 2.45) is 5.92 Å². The smallest absolute Gasteiger partial charge is 0.0495 e. The van der Waals surface area contributed by atoms with Gasteiger partial charge >= 0.3 is 0 Å². The molecule has 1 saturated heterocycles. The van der Waals surface area contributed by atoms with E-state index in [1.165, 1.54) is 18.4 Å². The molecule has 1 aromatic carbocycles. The van der Waals surface area contributed by atoms with Crippen LogP contribution >= 0.6 is 0 Å². The fourth-order valence-corrected chi connectivity index (χ4v) is 1.62. The number of rotatable bonds is 2. The molecule has 1 atom stereocenters. The zero-order valence-electron chi connectivity index (χ0n) is 9.91. The van der Waals surface area contributed by atoms with Crippen molar-refractivity contribution in [3.05, 3.63) is 35.9 Å². The second-order valence-electron chi connectivity index (χ2n) is 3.98. The van der Waals surface area contributed by atoms with E-state index in [0.29, 0.717) is 0 Å². The van der Waals surface area contributed by atoms with Crippen LogP contribution in [0.25, 0.3) is 0 Å². The molecule has 92 valence electrons. The Bertz CT molecular complexity index is 237. The first-order valence-corrected chi connectivity index (χ1v) is 5.98. The molecule has 1 nitrogen and oxygen atoms in total. The van der Waals surface area contributed by atoms with Gasteiger partial charge in [-0.15, -0.1) is 0 Å². The van der Waals surface area contributed by atoms with Gasteiger partial charge < -0.3 is 4.74 Å². The Morgan fingerprint density at radius 2 is 1.88 bits per heavy atom. The lowest BCUT2D eigenvalue weighted by molar-refractivity contribution is 0.185. The van der Waals surface area contributed by atoms with Gasteiger partial charge in [0.1, 0.15) is 0 Å². The first-order chi connectivity index (χ1) is 7.36. The largest absolute Gasteiger partial charge is 0.381 e. The number of ether oxygens (including phenoxy) is 1. The van der Waals surface area contributed by atoms with E-state index >= 15 is 0 Å². The van der Waals surface area contributed by atoms with Crippen LogP contribution in [0.4, 0.5) is 0 Å². The maximum absolute atomic E-state index is 5.15. The molecule has 0 aromatic heterocycles. The lowest BCUT2D eigenvalue weighted by Crippen LogP contribution is -1.94. The quantitative estimate of drug-likeness (QED) is 0.724. The first-order valence-electron chi connectivity index (χ1n) is 5.98. The summed E-state index contributed by atoms with van der Waals surface area (Å²) in [5.41, 5.74) is 1.41. The van der Waals surface area contributed by atoms with Gasteiger partial charge in [-0.1, -0.05) is 58.0 Å². The van der Waals surface area contributed by atoms with E-state index in [2.05, 4.69) is 38.1 Å². The summed E-state index contributed by atoms with van der Waals surface area (Å²) in [5.74, 6) is 0.875. The molecule has 0 aliphatic carbocycles. The van der Waals surface area contributed by atoms with Crippen molar-refractivity contribution in [2.75, 3.05) is 13.2 Å². The van der Waals surface area contributed by atoms with Crippen molar-refractivity contribution in [3.63, 3.8) is 0 Å². The topological polar surface area (TPSA) is 9.23 Å². The second kappa shape index (κ2) is 9.41. The van der Waals surface area contributed by atoms with Gasteiger partial charge in [-0.2, -0.15) is 0 Å². The van der Waals surface area contributed by atoms with Crippen LogP contribution in [-0.2, 0) is 11.2 Å². The summed E-state index contributed by atoms with van der Waals surface area (Å²) in [4.78, 5) is 0. The molecule has 0 amide bonds. The van der Waals surface area contributed by atoms with Gasteiger partial charge in [-0.05, 0) is 24.3 Å². The molecule has 0 spiro atoms. The van der Waals surface area contributed by atoms with Crippen LogP contribution in [-0.4, -0.2) is 13.2 Å². The van der Waals surface area contributed by atoms with Crippen LogP contribution in [0.2, 0.25) is 0 Å². The van der Waals surface area contributed by atoms with Crippen LogP contribution < -0.4 is 0 Å². The minimum Gasteiger partial charge on any atom is -0.381 e. The molecule has 1 aliphatic heterocycles. The van der Waals surface area contributed by atoms with Gasteiger partial charge in [-0.25, -0.2) is 0 Å². The van der Waals surface area contributed by atoms with Gasteiger partial charge in [0.2, 0.25) is 0 Å². The van der Waals surface area contributed by atoms with Crippen molar-refractivity contribution in [3.8, 4) is 0 Å². The van der Waals surface area contributed by atoms with Crippen LogP contribution in [0, 0.1) is 5.92 Å². The maximum Gasteiger partial charge on any atom is 0.0495 e. The van der Waals surface area contributed by atoms with Crippen molar-refractivity contribution >= 4 is 0 Å². The Morgan fingerprint density at radius 3 is 2.19 bits per heavy atom. The van der Waals surface area contributed by atoms with Gasteiger partial charge in [0.05, 0.1) is 0 Å². The maximum atomic E-state index is 5.15. The van der Waals surface area contributed by atoms with Crippen LogP contribution in [0.3, 0.4) is 0 Å². The molecular formula is C15H26O. The molecular weight excluding hydrogens is 196 g/mol. The van der Waals surface area contributed by atoms with E-state index in [0.717, 1.165) is 25.6 Å². The molecule has 1 aliphatic rings. The summed E-state index contributed by atoms with van der Waals surface area (Å²) in [7, 11) is 0. The first kappa shape index (κ1) is 15.2. The summed E-state index contributed by atoms with van der Waals surface area (Å²) in [5, 5.41) is 0. The third kappa shape index (κ3) is 5.92. The standard InChI is InChI=1S/C8H10.C6H12O.CH4/c1-2-8-6-4-3-5-7-8;1-2-6-3-4-7-5-6;/h3-7H,2H2,1H3;6H,2-5H2,1H3;1H4. The molecule has 0 radical (unpaired) electrons. The summed E-state index contributed by atoms with van der Waals surface area (Å²) in [6.45, 7) is 6.39. The van der Waals surface area contributed by atoms with Gasteiger partial charge in [0, 0.05) is 13.2 Å². The molecule has 0 N–H and O–H groups in total. The summed E-state index contributed by atoms with van der Waals surface area (Å²) in [6.07, 6.45) is 3.72. The number of hydrogen-bond acceptors (Lipinski definition) is 1. The third-order valence-electron chi connectivity index (χ3n) is 2.85. The number of hydrogen-bond donors (Lipinski definition) is 0. The molecule has 1 unspecified atom stereocenters. The predicted molar refractivity (Wildman–Crippen MR) is 71.8 cm³/mol. The van der Waals surface area contributed by atoms with Crippen molar-refractivity contribution in [1.29, 1.82) is 0 Å². The minimum absolute atomic E-state index is 0. The van der Waals surface area contributed by atoms with E-state index in [-0.39, 0.29) is 7.43 Å². The minimum atomic E-state index is 0. The lowest BCUT2D eigenvalue weighted by Gasteiger charge is -1.97. The summed E-state index contributed by atoms with van der Waals surface area (Å²) >= 11 is 0. The molecule has 1 fully saturated rings. The molecule has 16 heavy (non-hydrogen) atoms. The SMILES string of the molecule is C.CCC1CCOC1.CCc1ccccc1. The van der Waals surface area contributed by atoms with Gasteiger partial charge in [-0.3, -0.25) is 0 Å². The molecule has 0 saturated carbocycles. The zero-order chi connectivity index (χ0) is 10.9. The average Bonchev–Trinajstić information content (AvgIpc) is 2.84. The molecule has 1 heterocycles. The average molecular weight is 222 g/mol. The van der Waals surface area contributed by atoms with E-state index in [1.807, 2.05) is 6.07 Å². The predicted octanol–water partition coefficient (Wildman–Crippen LogP) is 4.32.